The minimum Gasteiger partial charge on any atom is -0.494 e. The monoisotopic (exact) mass is 308 g/mol. The Morgan fingerprint density at radius 1 is 1.19 bits per heavy atom. The van der Waals surface area contributed by atoms with E-state index in [9.17, 15) is 4.79 Å². The molecule has 0 fully saturated rings. The van der Waals surface area contributed by atoms with Gasteiger partial charge in [-0.2, -0.15) is 0 Å². The summed E-state index contributed by atoms with van der Waals surface area (Å²) < 4.78 is 5.79. The quantitative estimate of drug-likeness (QED) is 0.385. The van der Waals surface area contributed by atoms with Crippen molar-refractivity contribution in [1.82, 2.24) is 0 Å². The van der Waals surface area contributed by atoms with Crippen LogP contribution in [0.25, 0.3) is 0 Å². The number of carbonyl (C=O) groups is 1. The molecule has 0 saturated heterocycles. The number of aryl methyl sites for hydroxylation is 2. The molecule has 0 saturated carbocycles. The van der Waals surface area contributed by atoms with Gasteiger partial charge in [0.15, 0.2) is 5.12 Å². The molecule has 118 valence electrons. The summed E-state index contributed by atoms with van der Waals surface area (Å²) in [5.41, 5.74) is 2.59. The van der Waals surface area contributed by atoms with E-state index in [1.807, 2.05) is 0 Å². The van der Waals surface area contributed by atoms with Crippen molar-refractivity contribution in [3.8, 4) is 5.75 Å². The van der Waals surface area contributed by atoms with E-state index < -0.39 is 0 Å². The zero-order valence-corrected chi connectivity index (χ0v) is 14.3. The SMILES string of the molecule is C=[SH]C(=O)CCCCCc1cc(C)cc(OCCCC)c1. The third-order valence-electron chi connectivity index (χ3n) is 3.41. The summed E-state index contributed by atoms with van der Waals surface area (Å²) >= 11 is 0.647. The third-order valence-corrected chi connectivity index (χ3v) is 3.99. The van der Waals surface area contributed by atoms with Crippen molar-refractivity contribution in [3.63, 3.8) is 0 Å². The molecule has 0 N–H and O–H groups in total. The van der Waals surface area contributed by atoms with Crippen LogP contribution in [0.5, 0.6) is 5.75 Å². The van der Waals surface area contributed by atoms with Gasteiger partial charge in [0.25, 0.3) is 0 Å². The summed E-state index contributed by atoms with van der Waals surface area (Å²) in [6.45, 7) is 5.08. The highest BCUT2D eigenvalue weighted by Crippen LogP contribution is 2.19. The molecular formula is C18H28O2S. The predicted molar refractivity (Wildman–Crippen MR) is 94.9 cm³/mol. The van der Waals surface area contributed by atoms with Crippen LogP contribution in [0.2, 0.25) is 0 Å². The summed E-state index contributed by atoms with van der Waals surface area (Å²) in [6.07, 6.45) is 7.19. The molecule has 0 aromatic heterocycles. The van der Waals surface area contributed by atoms with Gasteiger partial charge in [-0.15, -0.1) is 11.4 Å². The summed E-state index contributed by atoms with van der Waals surface area (Å²) in [6, 6.07) is 6.49. The second-order valence-electron chi connectivity index (χ2n) is 5.47. The van der Waals surface area contributed by atoms with Crippen molar-refractivity contribution in [2.45, 2.75) is 58.8 Å². The zero-order chi connectivity index (χ0) is 15.5. The van der Waals surface area contributed by atoms with Crippen LogP contribution in [0.15, 0.2) is 18.2 Å². The van der Waals surface area contributed by atoms with Crippen LogP contribution in [0.3, 0.4) is 0 Å². The minimum atomic E-state index is 0.247. The number of thiol groups is 1. The van der Waals surface area contributed by atoms with Gasteiger partial charge >= 0.3 is 0 Å². The Morgan fingerprint density at radius 2 is 2.00 bits per heavy atom. The lowest BCUT2D eigenvalue weighted by Crippen LogP contribution is -1.98. The highest BCUT2D eigenvalue weighted by atomic mass is 32.1. The van der Waals surface area contributed by atoms with Gasteiger partial charge in [0.05, 0.1) is 6.61 Å². The highest BCUT2D eigenvalue weighted by molar-refractivity contribution is 8.10. The Balaban J connectivity index is 2.36. The Hall–Kier alpha value is -1.09. The van der Waals surface area contributed by atoms with Crippen LogP contribution in [0, 0.1) is 6.92 Å². The van der Waals surface area contributed by atoms with Gasteiger partial charge in [0, 0.05) is 6.42 Å². The molecule has 0 heterocycles. The van der Waals surface area contributed by atoms with Crippen molar-refractivity contribution in [2.75, 3.05) is 6.61 Å². The largest absolute Gasteiger partial charge is 0.494 e. The Bertz CT molecular complexity index is 455. The average molecular weight is 308 g/mol. The normalized spacial score (nSPS) is 10.6. The predicted octanol–water partition coefficient (Wildman–Crippen LogP) is 4.70. The molecule has 0 amide bonds. The van der Waals surface area contributed by atoms with E-state index in [1.54, 1.807) is 0 Å². The van der Waals surface area contributed by atoms with Crippen LogP contribution in [-0.2, 0) is 11.2 Å². The lowest BCUT2D eigenvalue weighted by molar-refractivity contribution is -0.110. The summed E-state index contributed by atoms with van der Waals surface area (Å²) in [7, 11) is 0. The van der Waals surface area contributed by atoms with Crippen molar-refractivity contribution in [1.29, 1.82) is 0 Å². The zero-order valence-electron chi connectivity index (χ0n) is 13.4. The average Bonchev–Trinajstić information content (AvgIpc) is 2.46. The van der Waals surface area contributed by atoms with Crippen molar-refractivity contribution in [2.24, 2.45) is 0 Å². The van der Waals surface area contributed by atoms with Gasteiger partial charge in [-0.1, -0.05) is 31.7 Å². The summed E-state index contributed by atoms with van der Waals surface area (Å²) in [5.74, 6) is 4.58. The summed E-state index contributed by atoms with van der Waals surface area (Å²) in [5, 5.41) is 0.247. The molecule has 0 atom stereocenters. The molecular weight excluding hydrogens is 280 g/mol. The maximum absolute atomic E-state index is 11.2. The fraction of sp³-hybridized carbons (Fsp3) is 0.556. The van der Waals surface area contributed by atoms with Crippen molar-refractivity contribution < 1.29 is 9.53 Å². The number of rotatable bonds is 10. The molecule has 3 heteroatoms. The molecule has 0 unspecified atom stereocenters. The fourth-order valence-electron chi connectivity index (χ4n) is 2.25. The van der Waals surface area contributed by atoms with E-state index in [-0.39, 0.29) is 5.12 Å². The Morgan fingerprint density at radius 3 is 2.71 bits per heavy atom. The van der Waals surface area contributed by atoms with Gasteiger partial charge in [0.2, 0.25) is 0 Å². The van der Waals surface area contributed by atoms with Crippen LogP contribution in [0.4, 0.5) is 0 Å². The molecule has 0 radical (unpaired) electrons. The van der Waals surface area contributed by atoms with Crippen molar-refractivity contribution >= 4 is 22.3 Å². The third kappa shape index (κ3) is 8.05. The standard InChI is InChI=1S/C18H28O2S/c1-4-5-11-20-17-13-15(2)12-16(14-17)9-7-6-8-10-18(19)21-3/h12-14,21H,3-11H2,1-2H3. The highest BCUT2D eigenvalue weighted by Gasteiger charge is 2.01. The number of unbranched alkanes of at least 4 members (excludes halogenated alkanes) is 3. The number of hydrogen-bond acceptors (Lipinski definition) is 2. The molecule has 0 bridgehead atoms. The first-order valence-electron chi connectivity index (χ1n) is 7.88. The van der Waals surface area contributed by atoms with Crippen LogP contribution in [-0.4, -0.2) is 17.6 Å². The van der Waals surface area contributed by atoms with Gasteiger partial charge in [0.1, 0.15) is 5.75 Å². The van der Waals surface area contributed by atoms with Gasteiger partial charge in [-0.25, -0.2) is 0 Å². The van der Waals surface area contributed by atoms with Crippen LogP contribution in [0.1, 0.15) is 56.6 Å². The van der Waals surface area contributed by atoms with E-state index in [0.29, 0.717) is 17.8 Å². The van der Waals surface area contributed by atoms with E-state index in [0.717, 1.165) is 50.9 Å². The molecule has 21 heavy (non-hydrogen) atoms. The molecule has 0 aliphatic rings. The lowest BCUT2D eigenvalue weighted by Gasteiger charge is -2.09. The molecule has 0 spiro atoms. The first-order chi connectivity index (χ1) is 10.2. The molecule has 0 aliphatic heterocycles. The van der Waals surface area contributed by atoms with Crippen LogP contribution < -0.4 is 4.74 Å². The molecule has 1 aromatic carbocycles. The second kappa shape index (κ2) is 10.6. The molecule has 1 rings (SSSR count). The topological polar surface area (TPSA) is 26.3 Å². The first-order valence-corrected chi connectivity index (χ1v) is 8.96. The number of benzene rings is 1. The number of hydrogen-bond donors (Lipinski definition) is 1. The van der Waals surface area contributed by atoms with E-state index in [1.165, 1.54) is 11.1 Å². The maximum atomic E-state index is 11.2. The minimum absolute atomic E-state index is 0.247. The molecule has 1 aromatic rings. The van der Waals surface area contributed by atoms with Gasteiger partial charge < -0.3 is 4.74 Å². The summed E-state index contributed by atoms with van der Waals surface area (Å²) in [4.78, 5) is 11.2. The molecule has 0 aliphatic carbocycles. The van der Waals surface area contributed by atoms with Gasteiger partial charge in [-0.3, -0.25) is 4.79 Å². The Kier molecular flexibility index (Phi) is 9.07. The number of ether oxygens (including phenoxy) is 1. The first kappa shape index (κ1) is 18.0. The maximum Gasteiger partial charge on any atom is 0.180 e. The fourth-order valence-corrected chi connectivity index (χ4v) is 2.56. The van der Waals surface area contributed by atoms with Crippen molar-refractivity contribution in [3.05, 3.63) is 29.3 Å². The van der Waals surface area contributed by atoms with E-state index in [2.05, 4.69) is 37.9 Å². The second-order valence-corrected chi connectivity index (χ2v) is 6.28. The Labute approximate surface area is 132 Å². The van der Waals surface area contributed by atoms with E-state index >= 15 is 0 Å². The van der Waals surface area contributed by atoms with Gasteiger partial charge in [-0.05, 0) is 55.9 Å². The van der Waals surface area contributed by atoms with E-state index in [4.69, 9.17) is 4.74 Å². The smallest absolute Gasteiger partial charge is 0.180 e. The lowest BCUT2D eigenvalue weighted by atomic mass is 10.0. The molecule has 2 nitrogen and oxygen atoms in total. The number of carbonyl (C=O) groups excluding carboxylic acids is 1. The van der Waals surface area contributed by atoms with Crippen LogP contribution >= 0.6 is 11.4 Å².